The van der Waals surface area contributed by atoms with Crippen molar-refractivity contribution in [1.29, 1.82) is 0 Å². The van der Waals surface area contributed by atoms with Gasteiger partial charge < -0.3 is 18.9 Å². The van der Waals surface area contributed by atoms with E-state index in [1.165, 1.54) is 154 Å². The lowest BCUT2D eigenvalue weighted by Gasteiger charge is -2.24. The molecule has 0 heterocycles. The number of allylic oxidation sites excluding steroid dienone is 6. The van der Waals surface area contributed by atoms with Crippen LogP contribution in [0.4, 0.5) is 0 Å². The Labute approximate surface area is 378 Å². The van der Waals surface area contributed by atoms with Gasteiger partial charge in [-0.05, 0) is 44.9 Å². The summed E-state index contributed by atoms with van der Waals surface area (Å²) in [5, 5.41) is 0. The Hall–Kier alpha value is -1.28. The lowest BCUT2D eigenvalue weighted by molar-refractivity contribution is -0.870. The number of esters is 1. The molecule has 0 aliphatic heterocycles. The van der Waals surface area contributed by atoms with E-state index in [1.54, 1.807) is 0 Å². The Kier molecular flexibility index (Phi) is 44.3. The molecule has 0 fully saturated rings. The zero-order valence-corrected chi connectivity index (χ0v) is 41.8. The molecule has 0 saturated heterocycles. The van der Waals surface area contributed by atoms with E-state index in [2.05, 4.69) is 50.3 Å². The average Bonchev–Trinajstić information content (AvgIpc) is 3.22. The monoisotopic (exact) mass is 883 g/mol. The van der Waals surface area contributed by atoms with Crippen molar-refractivity contribution in [2.45, 2.75) is 238 Å². The molecule has 0 aromatic rings. The van der Waals surface area contributed by atoms with Gasteiger partial charge in [0.2, 0.25) is 0 Å². The van der Waals surface area contributed by atoms with E-state index in [9.17, 15) is 14.3 Å². The number of ether oxygens (including phenoxy) is 2. The van der Waals surface area contributed by atoms with E-state index >= 15 is 0 Å². The van der Waals surface area contributed by atoms with Crippen LogP contribution in [0.25, 0.3) is 0 Å². The number of rotatable bonds is 48. The van der Waals surface area contributed by atoms with Gasteiger partial charge in [-0.25, -0.2) is 4.57 Å². The predicted octanol–water partition coefficient (Wildman–Crippen LogP) is 15.7. The second kappa shape index (κ2) is 45.3. The molecule has 0 aromatic heterocycles. The van der Waals surface area contributed by atoms with Gasteiger partial charge in [0.15, 0.2) is 0 Å². The zero-order chi connectivity index (χ0) is 44.8. The molecule has 2 atom stereocenters. The first kappa shape index (κ1) is 59.7. The van der Waals surface area contributed by atoms with Crippen LogP contribution in [-0.2, 0) is 27.9 Å². The molecule has 0 aliphatic carbocycles. The highest BCUT2D eigenvalue weighted by Gasteiger charge is 2.26. The summed E-state index contributed by atoms with van der Waals surface area (Å²) in [4.78, 5) is 22.9. The van der Waals surface area contributed by atoms with Gasteiger partial charge in [-0.2, -0.15) is 0 Å². The van der Waals surface area contributed by atoms with Gasteiger partial charge in [0.25, 0.3) is 0 Å². The lowest BCUT2D eigenvalue weighted by atomic mass is 10.0. The zero-order valence-electron chi connectivity index (χ0n) is 40.9. The fourth-order valence-corrected chi connectivity index (χ4v) is 8.02. The number of hydrogen-bond acceptors (Lipinski definition) is 6. The van der Waals surface area contributed by atoms with Crippen LogP contribution in [0.2, 0.25) is 0 Å². The smallest absolute Gasteiger partial charge is 0.457 e. The third-order valence-electron chi connectivity index (χ3n) is 11.2. The quantitative estimate of drug-likeness (QED) is 0.0214. The highest BCUT2D eigenvalue weighted by atomic mass is 31.2. The van der Waals surface area contributed by atoms with Crippen molar-refractivity contribution in [3.8, 4) is 0 Å². The molecule has 61 heavy (non-hydrogen) atoms. The van der Waals surface area contributed by atoms with Crippen LogP contribution in [0.1, 0.15) is 232 Å². The number of hydrogen-bond donors (Lipinski definition) is 1. The van der Waals surface area contributed by atoms with Crippen molar-refractivity contribution < 1.29 is 37.3 Å². The molecule has 9 heteroatoms. The molecule has 1 N–H and O–H groups in total. The number of quaternary nitrogens is 1. The summed E-state index contributed by atoms with van der Waals surface area (Å²) in [6.07, 6.45) is 55.0. The van der Waals surface area contributed by atoms with Gasteiger partial charge in [0.05, 0.1) is 34.4 Å². The molecule has 0 radical (unpaired) electrons. The minimum Gasteiger partial charge on any atom is -0.457 e. The summed E-state index contributed by atoms with van der Waals surface area (Å²) >= 11 is 0. The van der Waals surface area contributed by atoms with Crippen molar-refractivity contribution in [1.82, 2.24) is 0 Å². The first-order valence-corrected chi connectivity index (χ1v) is 27.2. The first-order chi connectivity index (χ1) is 29.6. The van der Waals surface area contributed by atoms with Crippen molar-refractivity contribution in [2.75, 3.05) is 54.1 Å². The lowest BCUT2D eigenvalue weighted by Crippen LogP contribution is -2.37. The third kappa shape index (κ3) is 49.6. The van der Waals surface area contributed by atoms with E-state index < -0.39 is 13.9 Å². The maximum atomic E-state index is 12.7. The summed E-state index contributed by atoms with van der Waals surface area (Å²) in [6, 6.07) is 0. The number of phosphoric acid groups is 1. The van der Waals surface area contributed by atoms with E-state index in [0.29, 0.717) is 24.1 Å². The molecule has 0 aromatic carbocycles. The molecule has 8 nitrogen and oxygen atoms in total. The normalized spacial score (nSPS) is 13.9. The second-order valence-corrected chi connectivity index (χ2v) is 20.0. The number of nitrogens with zero attached hydrogens (tertiary/aromatic N) is 1. The van der Waals surface area contributed by atoms with Gasteiger partial charge in [-0.3, -0.25) is 13.8 Å². The molecule has 0 saturated carbocycles. The molecular formula is C52H101NO7P+. The highest BCUT2D eigenvalue weighted by Crippen LogP contribution is 2.43. The van der Waals surface area contributed by atoms with Crippen LogP contribution < -0.4 is 0 Å². The van der Waals surface area contributed by atoms with Crippen LogP contribution in [0, 0.1) is 0 Å². The Morgan fingerprint density at radius 2 is 0.951 bits per heavy atom. The van der Waals surface area contributed by atoms with E-state index in [4.69, 9.17) is 18.5 Å². The highest BCUT2D eigenvalue weighted by molar-refractivity contribution is 7.47. The van der Waals surface area contributed by atoms with Gasteiger partial charge in [0, 0.05) is 13.0 Å². The summed E-state index contributed by atoms with van der Waals surface area (Å²) in [5.74, 6) is -0.339. The van der Waals surface area contributed by atoms with Gasteiger partial charge in [-0.15, -0.1) is 0 Å². The number of phosphoric ester groups is 1. The maximum absolute atomic E-state index is 12.7. The largest absolute Gasteiger partial charge is 0.472 e. The Balaban J connectivity index is 4.02. The van der Waals surface area contributed by atoms with Gasteiger partial charge >= 0.3 is 13.8 Å². The van der Waals surface area contributed by atoms with E-state index in [1.807, 2.05) is 21.1 Å². The van der Waals surface area contributed by atoms with E-state index in [-0.39, 0.29) is 25.8 Å². The number of unbranched alkanes of at least 4 members (excludes halogenated alkanes) is 28. The summed E-state index contributed by atoms with van der Waals surface area (Å²) in [7, 11) is 1.65. The van der Waals surface area contributed by atoms with Crippen LogP contribution in [0.15, 0.2) is 36.5 Å². The number of likely N-dealkylation sites (N-methyl/N-ethyl adjacent to an activating group) is 1. The fraction of sp³-hybridized carbons (Fsp3) is 0.865. The molecule has 0 aliphatic rings. The Bertz CT molecular complexity index is 1070. The molecule has 0 bridgehead atoms. The number of carbonyl (C=O) groups is 1. The summed E-state index contributed by atoms with van der Waals surface area (Å²) < 4.78 is 35.1. The third-order valence-corrected chi connectivity index (χ3v) is 12.2. The minimum atomic E-state index is -4.28. The van der Waals surface area contributed by atoms with Crippen molar-refractivity contribution in [3.63, 3.8) is 0 Å². The van der Waals surface area contributed by atoms with Crippen LogP contribution in [0.3, 0.4) is 0 Å². The van der Waals surface area contributed by atoms with Crippen molar-refractivity contribution >= 4 is 13.8 Å². The molecule has 0 amide bonds. The van der Waals surface area contributed by atoms with Crippen molar-refractivity contribution in [3.05, 3.63) is 36.5 Å². The van der Waals surface area contributed by atoms with Crippen LogP contribution in [0.5, 0.6) is 0 Å². The van der Waals surface area contributed by atoms with E-state index in [0.717, 1.165) is 57.8 Å². The minimum absolute atomic E-state index is 0.0837. The standard InChI is InChI=1S/C52H100NO7P/c1-6-8-10-12-14-16-18-20-21-22-23-24-25-26-27-28-29-30-31-32-34-36-38-40-42-44-47-57-49-51(50-59-61(55,56)58-48-46-53(3,4)5)60-52(54)45-43-41-39-37-35-33-19-17-15-13-11-9-7-2/h9,11,15,17,33,35,51H,6-8,10,12-14,16,18-32,34,36-50H2,1-5H3/p+1/b11-9-,17-15-,35-33-. The predicted molar refractivity (Wildman–Crippen MR) is 261 cm³/mol. The summed E-state index contributed by atoms with van der Waals surface area (Å²) in [6.45, 7) is 5.50. The van der Waals surface area contributed by atoms with Gasteiger partial charge in [-0.1, -0.05) is 217 Å². The summed E-state index contributed by atoms with van der Waals surface area (Å²) in [5.41, 5.74) is 0. The second-order valence-electron chi connectivity index (χ2n) is 18.5. The first-order valence-electron chi connectivity index (χ1n) is 25.7. The molecule has 2 unspecified atom stereocenters. The Morgan fingerprint density at radius 1 is 0.525 bits per heavy atom. The topological polar surface area (TPSA) is 91.3 Å². The van der Waals surface area contributed by atoms with Gasteiger partial charge in [0.1, 0.15) is 19.3 Å². The fourth-order valence-electron chi connectivity index (χ4n) is 7.28. The van der Waals surface area contributed by atoms with Crippen molar-refractivity contribution in [2.24, 2.45) is 0 Å². The van der Waals surface area contributed by atoms with Crippen LogP contribution >= 0.6 is 7.82 Å². The average molecular weight is 883 g/mol. The number of carbonyl (C=O) groups excluding carboxylic acids is 1. The molecule has 360 valence electrons. The SMILES string of the molecule is CC/C=C\C/C=C\C/C=C\CCCCCC(=O)OC(COCCCCCCCCCCCCCCCCCCCCCCCCCCCC)COP(=O)(O)OCC[N+](C)(C)C. The maximum Gasteiger partial charge on any atom is 0.472 e. The Morgan fingerprint density at radius 3 is 1.41 bits per heavy atom. The molecular weight excluding hydrogens is 782 g/mol. The van der Waals surface area contributed by atoms with Crippen LogP contribution in [-0.4, -0.2) is 75.6 Å². The molecule has 0 rings (SSSR count). The molecule has 0 spiro atoms.